The van der Waals surface area contributed by atoms with Gasteiger partial charge < -0.3 is 4.74 Å². The molecule has 74 valence electrons. The van der Waals surface area contributed by atoms with Gasteiger partial charge in [-0.25, -0.2) is 4.98 Å². The average molecular weight is 190 g/mol. The molecule has 2 aromatic heterocycles. The van der Waals surface area contributed by atoms with Crippen LogP contribution in [0.2, 0.25) is 0 Å². The summed E-state index contributed by atoms with van der Waals surface area (Å²) in [4.78, 5) is 4.34. The molecule has 0 aliphatic rings. The molecule has 0 atom stereocenters. The van der Waals surface area contributed by atoms with Crippen LogP contribution in [0.25, 0.3) is 5.65 Å². The van der Waals surface area contributed by atoms with Crippen molar-refractivity contribution in [3.8, 4) is 0 Å². The summed E-state index contributed by atoms with van der Waals surface area (Å²) in [5.41, 5.74) is 4.53. The summed E-state index contributed by atoms with van der Waals surface area (Å²) >= 11 is 0. The summed E-state index contributed by atoms with van der Waals surface area (Å²) in [5.74, 6) is 0. The van der Waals surface area contributed by atoms with Gasteiger partial charge in [0.15, 0.2) is 0 Å². The van der Waals surface area contributed by atoms with Crippen LogP contribution in [0.3, 0.4) is 0 Å². The average Bonchev–Trinajstić information content (AvgIpc) is 2.49. The molecular weight excluding hydrogens is 176 g/mol. The lowest BCUT2D eigenvalue weighted by atomic mass is 10.2. The Morgan fingerprint density at radius 3 is 2.86 bits per heavy atom. The van der Waals surface area contributed by atoms with Gasteiger partial charge in [0.1, 0.15) is 5.65 Å². The third-order valence-electron chi connectivity index (χ3n) is 2.30. The lowest BCUT2D eigenvalue weighted by Crippen LogP contribution is -1.98. The predicted octanol–water partition coefficient (Wildman–Crippen LogP) is 2.10. The van der Waals surface area contributed by atoms with Gasteiger partial charge in [-0.05, 0) is 31.5 Å². The minimum atomic E-state index is 0.602. The van der Waals surface area contributed by atoms with Crippen LogP contribution in [0.15, 0.2) is 18.3 Å². The Labute approximate surface area is 83.3 Å². The number of hydrogen-bond acceptors (Lipinski definition) is 2. The Balaban J connectivity index is 2.66. The van der Waals surface area contributed by atoms with E-state index in [-0.39, 0.29) is 0 Å². The summed E-state index contributed by atoms with van der Waals surface area (Å²) in [6, 6.07) is 4.22. The molecule has 0 radical (unpaired) electrons. The fourth-order valence-corrected chi connectivity index (χ4v) is 1.80. The molecule has 0 saturated heterocycles. The Morgan fingerprint density at radius 2 is 2.14 bits per heavy atom. The minimum absolute atomic E-state index is 0.602. The van der Waals surface area contributed by atoms with Crippen LogP contribution in [-0.2, 0) is 11.3 Å². The minimum Gasteiger partial charge on any atom is -0.378 e. The van der Waals surface area contributed by atoms with Crippen LogP contribution in [-0.4, -0.2) is 16.5 Å². The van der Waals surface area contributed by atoms with Crippen LogP contribution >= 0.6 is 0 Å². The zero-order valence-electron chi connectivity index (χ0n) is 8.74. The first-order valence-corrected chi connectivity index (χ1v) is 4.65. The van der Waals surface area contributed by atoms with E-state index in [0.29, 0.717) is 6.61 Å². The van der Waals surface area contributed by atoms with E-state index in [0.717, 1.165) is 11.3 Å². The number of aryl methyl sites for hydroxylation is 2. The summed E-state index contributed by atoms with van der Waals surface area (Å²) < 4.78 is 7.24. The first-order valence-electron chi connectivity index (χ1n) is 4.65. The molecule has 0 spiro atoms. The van der Waals surface area contributed by atoms with Gasteiger partial charge in [0.2, 0.25) is 0 Å². The van der Waals surface area contributed by atoms with E-state index in [9.17, 15) is 0 Å². The van der Waals surface area contributed by atoms with Crippen molar-refractivity contribution in [2.24, 2.45) is 0 Å². The van der Waals surface area contributed by atoms with Crippen LogP contribution < -0.4 is 0 Å². The highest BCUT2D eigenvalue weighted by atomic mass is 16.5. The number of nitrogens with zero attached hydrogens (tertiary/aromatic N) is 2. The van der Waals surface area contributed by atoms with E-state index < -0.39 is 0 Å². The second-order valence-corrected chi connectivity index (χ2v) is 3.55. The molecule has 0 amide bonds. The number of pyridine rings is 1. The topological polar surface area (TPSA) is 26.5 Å². The van der Waals surface area contributed by atoms with Crippen LogP contribution in [0, 0.1) is 13.8 Å². The van der Waals surface area contributed by atoms with Crippen molar-refractivity contribution in [2.75, 3.05) is 7.11 Å². The molecule has 0 bridgehead atoms. The molecule has 2 aromatic rings. The molecule has 0 unspecified atom stereocenters. The third kappa shape index (κ3) is 1.40. The lowest BCUT2D eigenvalue weighted by molar-refractivity contribution is 0.180. The summed E-state index contributed by atoms with van der Waals surface area (Å²) in [5, 5.41) is 0. The number of imidazole rings is 1. The number of methoxy groups -OCH3 is 1. The standard InChI is InChI=1S/C11H14N2O/c1-8-4-9(2)13-10(7-14-3)6-12-11(13)5-8/h4-6H,7H2,1-3H3. The Hall–Kier alpha value is -1.35. The zero-order chi connectivity index (χ0) is 10.1. The van der Waals surface area contributed by atoms with E-state index >= 15 is 0 Å². The molecule has 3 nitrogen and oxygen atoms in total. The highest BCUT2D eigenvalue weighted by Crippen LogP contribution is 2.13. The van der Waals surface area contributed by atoms with Gasteiger partial charge in [0, 0.05) is 12.8 Å². The second kappa shape index (κ2) is 3.42. The van der Waals surface area contributed by atoms with Crippen molar-refractivity contribution in [1.29, 1.82) is 0 Å². The van der Waals surface area contributed by atoms with Crippen LogP contribution in [0.5, 0.6) is 0 Å². The third-order valence-corrected chi connectivity index (χ3v) is 2.30. The first kappa shape index (κ1) is 9.21. The second-order valence-electron chi connectivity index (χ2n) is 3.55. The van der Waals surface area contributed by atoms with E-state index in [4.69, 9.17) is 4.74 Å². The molecule has 0 fully saturated rings. The van der Waals surface area contributed by atoms with Crippen molar-refractivity contribution < 1.29 is 4.74 Å². The van der Waals surface area contributed by atoms with Crippen molar-refractivity contribution >= 4 is 5.65 Å². The Bertz CT molecular complexity index is 460. The number of hydrogen-bond donors (Lipinski definition) is 0. The summed E-state index contributed by atoms with van der Waals surface area (Å²) in [6.45, 7) is 4.77. The number of aromatic nitrogens is 2. The van der Waals surface area contributed by atoms with Gasteiger partial charge in [0.05, 0.1) is 18.5 Å². The molecule has 0 aliphatic carbocycles. The Kier molecular flexibility index (Phi) is 2.25. The Morgan fingerprint density at radius 1 is 1.36 bits per heavy atom. The molecule has 0 aromatic carbocycles. The van der Waals surface area contributed by atoms with Gasteiger partial charge in [-0.1, -0.05) is 0 Å². The van der Waals surface area contributed by atoms with Gasteiger partial charge in [-0.2, -0.15) is 0 Å². The quantitative estimate of drug-likeness (QED) is 0.725. The maximum atomic E-state index is 5.12. The molecule has 0 N–H and O–H groups in total. The summed E-state index contributed by atoms with van der Waals surface area (Å²) in [7, 11) is 1.70. The van der Waals surface area contributed by atoms with E-state index in [1.807, 2.05) is 6.20 Å². The number of rotatable bonds is 2. The van der Waals surface area contributed by atoms with E-state index in [2.05, 4.69) is 35.4 Å². The molecule has 2 rings (SSSR count). The van der Waals surface area contributed by atoms with Gasteiger partial charge in [0.25, 0.3) is 0 Å². The molecule has 0 aliphatic heterocycles. The van der Waals surface area contributed by atoms with Gasteiger partial charge >= 0.3 is 0 Å². The highest BCUT2D eigenvalue weighted by Gasteiger charge is 2.05. The van der Waals surface area contributed by atoms with Crippen molar-refractivity contribution in [2.45, 2.75) is 20.5 Å². The van der Waals surface area contributed by atoms with Gasteiger partial charge in [-0.15, -0.1) is 0 Å². The van der Waals surface area contributed by atoms with E-state index in [1.165, 1.54) is 11.3 Å². The fourth-order valence-electron chi connectivity index (χ4n) is 1.80. The van der Waals surface area contributed by atoms with Crippen molar-refractivity contribution in [3.63, 3.8) is 0 Å². The van der Waals surface area contributed by atoms with Gasteiger partial charge in [-0.3, -0.25) is 4.40 Å². The normalized spacial score (nSPS) is 11.1. The van der Waals surface area contributed by atoms with Crippen LogP contribution in [0.1, 0.15) is 17.0 Å². The fraction of sp³-hybridized carbons (Fsp3) is 0.364. The smallest absolute Gasteiger partial charge is 0.137 e. The SMILES string of the molecule is COCc1cnc2cc(C)cc(C)n12. The molecule has 0 saturated carbocycles. The zero-order valence-corrected chi connectivity index (χ0v) is 8.74. The maximum absolute atomic E-state index is 5.12. The molecule has 3 heteroatoms. The van der Waals surface area contributed by atoms with E-state index in [1.54, 1.807) is 7.11 Å². The molecular formula is C11H14N2O. The predicted molar refractivity (Wildman–Crippen MR) is 55.4 cm³/mol. The largest absolute Gasteiger partial charge is 0.378 e. The maximum Gasteiger partial charge on any atom is 0.137 e. The highest BCUT2D eigenvalue weighted by molar-refractivity contribution is 5.45. The molecule has 2 heterocycles. The lowest BCUT2D eigenvalue weighted by Gasteiger charge is -2.05. The molecule has 14 heavy (non-hydrogen) atoms. The number of ether oxygens (including phenoxy) is 1. The van der Waals surface area contributed by atoms with Crippen LogP contribution in [0.4, 0.5) is 0 Å². The first-order chi connectivity index (χ1) is 6.72. The summed E-state index contributed by atoms with van der Waals surface area (Å²) in [6.07, 6.45) is 1.87. The monoisotopic (exact) mass is 190 g/mol. The van der Waals surface area contributed by atoms with Crippen molar-refractivity contribution in [1.82, 2.24) is 9.38 Å². The van der Waals surface area contributed by atoms with Crippen molar-refractivity contribution in [3.05, 3.63) is 35.3 Å². The number of fused-ring (bicyclic) bond motifs is 1.